The molecule has 0 spiro atoms. The number of carboxylic acids is 1. The van der Waals surface area contributed by atoms with Crippen molar-refractivity contribution in [1.82, 2.24) is 9.97 Å². The number of hydrogen-bond donors (Lipinski definition) is 1. The van der Waals surface area contributed by atoms with Gasteiger partial charge in [0.2, 0.25) is 0 Å². The van der Waals surface area contributed by atoms with Crippen molar-refractivity contribution in [2.75, 3.05) is 5.75 Å². The van der Waals surface area contributed by atoms with E-state index in [1.807, 2.05) is 0 Å². The molecule has 1 aromatic heterocycles. The molecule has 1 aliphatic rings. The van der Waals surface area contributed by atoms with E-state index < -0.39 is 5.97 Å². The Balaban J connectivity index is 2.34. The van der Waals surface area contributed by atoms with Gasteiger partial charge in [-0.2, -0.15) is 0 Å². The number of carbonyl (C=O) groups is 1. The number of thioether (sulfide) groups is 1. The number of hydrogen-bond acceptors (Lipinski definition) is 4. The molecule has 2 rings (SSSR count). The van der Waals surface area contributed by atoms with Gasteiger partial charge < -0.3 is 5.11 Å². The third-order valence-electron chi connectivity index (χ3n) is 2.78. The first-order chi connectivity index (χ1) is 8.49. The van der Waals surface area contributed by atoms with Crippen LogP contribution in [-0.4, -0.2) is 26.8 Å². The zero-order valence-corrected chi connectivity index (χ0v) is 11.8. The van der Waals surface area contributed by atoms with Crippen molar-refractivity contribution in [3.8, 4) is 0 Å². The molecule has 1 heterocycles. The van der Waals surface area contributed by atoms with Crippen molar-refractivity contribution >= 4 is 17.7 Å². The van der Waals surface area contributed by atoms with Crippen LogP contribution in [0.15, 0.2) is 5.03 Å². The van der Waals surface area contributed by atoms with E-state index in [-0.39, 0.29) is 5.56 Å². The standard InChI is InChI=1S/C13H18N2O2S/c1-7(2)6-18-12-10(13(16)17)8(3)14-11(15-12)9-4-5-9/h7,9H,4-6H2,1-3H3,(H,16,17). The summed E-state index contributed by atoms with van der Waals surface area (Å²) in [7, 11) is 0. The summed E-state index contributed by atoms with van der Waals surface area (Å²) in [6.45, 7) is 5.99. The summed E-state index contributed by atoms with van der Waals surface area (Å²) >= 11 is 1.53. The van der Waals surface area contributed by atoms with Gasteiger partial charge in [0, 0.05) is 11.7 Å². The third-order valence-corrected chi connectivity index (χ3v) is 4.19. The van der Waals surface area contributed by atoms with Crippen LogP contribution in [0.1, 0.15) is 54.5 Å². The van der Waals surface area contributed by atoms with E-state index in [1.54, 1.807) is 6.92 Å². The van der Waals surface area contributed by atoms with Gasteiger partial charge in [-0.3, -0.25) is 0 Å². The Morgan fingerprint density at radius 2 is 2.11 bits per heavy atom. The first-order valence-electron chi connectivity index (χ1n) is 6.23. The van der Waals surface area contributed by atoms with Crippen molar-refractivity contribution in [3.05, 3.63) is 17.1 Å². The highest BCUT2D eigenvalue weighted by atomic mass is 32.2. The molecule has 5 heteroatoms. The first kappa shape index (κ1) is 13.3. The maximum atomic E-state index is 11.3. The van der Waals surface area contributed by atoms with E-state index in [9.17, 15) is 9.90 Å². The molecule has 0 saturated heterocycles. The Morgan fingerprint density at radius 3 is 2.61 bits per heavy atom. The lowest BCUT2D eigenvalue weighted by Crippen LogP contribution is -2.10. The van der Waals surface area contributed by atoms with E-state index in [0.717, 1.165) is 24.4 Å². The molecule has 1 N–H and O–H groups in total. The lowest BCUT2D eigenvalue weighted by atomic mass is 10.2. The SMILES string of the molecule is Cc1nc(C2CC2)nc(SCC(C)C)c1C(=O)O. The number of aromatic nitrogens is 2. The van der Waals surface area contributed by atoms with Gasteiger partial charge in [0.15, 0.2) is 0 Å². The summed E-state index contributed by atoms with van der Waals surface area (Å²) in [5, 5.41) is 9.89. The fraction of sp³-hybridized carbons (Fsp3) is 0.615. The van der Waals surface area contributed by atoms with Gasteiger partial charge in [0.25, 0.3) is 0 Å². The fourth-order valence-electron chi connectivity index (χ4n) is 1.69. The molecule has 98 valence electrons. The van der Waals surface area contributed by atoms with E-state index in [2.05, 4.69) is 23.8 Å². The van der Waals surface area contributed by atoms with Crippen molar-refractivity contribution in [2.45, 2.75) is 44.6 Å². The average Bonchev–Trinajstić information content (AvgIpc) is 3.08. The highest BCUT2D eigenvalue weighted by Gasteiger charge is 2.29. The van der Waals surface area contributed by atoms with Gasteiger partial charge in [0.05, 0.1) is 5.69 Å². The molecule has 1 aromatic rings. The van der Waals surface area contributed by atoms with Crippen LogP contribution in [0.2, 0.25) is 0 Å². The van der Waals surface area contributed by atoms with Crippen molar-refractivity contribution in [2.24, 2.45) is 5.92 Å². The summed E-state index contributed by atoms with van der Waals surface area (Å²) in [5.74, 6) is 1.73. The summed E-state index contributed by atoms with van der Waals surface area (Å²) in [5.41, 5.74) is 0.857. The lowest BCUT2D eigenvalue weighted by Gasteiger charge is -2.10. The third kappa shape index (κ3) is 3.02. The second-order valence-corrected chi connectivity index (χ2v) is 6.14. The topological polar surface area (TPSA) is 63.1 Å². The maximum absolute atomic E-state index is 11.3. The largest absolute Gasteiger partial charge is 0.478 e. The summed E-state index contributed by atoms with van der Waals surface area (Å²) in [6, 6.07) is 0. The molecule has 1 aliphatic carbocycles. The van der Waals surface area contributed by atoms with Gasteiger partial charge >= 0.3 is 5.97 Å². The number of rotatable bonds is 5. The van der Waals surface area contributed by atoms with Crippen LogP contribution in [-0.2, 0) is 0 Å². The molecule has 1 fully saturated rings. The number of aromatic carboxylic acids is 1. The zero-order chi connectivity index (χ0) is 13.3. The van der Waals surface area contributed by atoms with Gasteiger partial charge in [0.1, 0.15) is 16.4 Å². The molecule has 0 aromatic carbocycles. The molecule has 18 heavy (non-hydrogen) atoms. The van der Waals surface area contributed by atoms with E-state index in [0.29, 0.717) is 22.6 Å². The van der Waals surface area contributed by atoms with Gasteiger partial charge in [-0.15, -0.1) is 11.8 Å². The Labute approximate surface area is 111 Å². The highest BCUT2D eigenvalue weighted by Crippen LogP contribution is 2.39. The first-order valence-corrected chi connectivity index (χ1v) is 7.22. The van der Waals surface area contributed by atoms with Crippen LogP contribution in [0.3, 0.4) is 0 Å². The van der Waals surface area contributed by atoms with Crippen LogP contribution in [0.4, 0.5) is 0 Å². The quantitative estimate of drug-likeness (QED) is 0.655. The van der Waals surface area contributed by atoms with Gasteiger partial charge in [-0.25, -0.2) is 14.8 Å². The van der Waals surface area contributed by atoms with Crippen LogP contribution in [0.5, 0.6) is 0 Å². The minimum absolute atomic E-state index is 0.269. The molecule has 0 amide bonds. The van der Waals surface area contributed by atoms with Crippen molar-refractivity contribution in [3.63, 3.8) is 0 Å². The smallest absolute Gasteiger partial charge is 0.340 e. The molecular formula is C13H18N2O2S. The number of carboxylic acid groups (broad SMARTS) is 1. The molecule has 4 nitrogen and oxygen atoms in total. The average molecular weight is 266 g/mol. The minimum Gasteiger partial charge on any atom is -0.478 e. The van der Waals surface area contributed by atoms with Crippen LogP contribution < -0.4 is 0 Å². The molecule has 0 radical (unpaired) electrons. The Bertz CT molecular complexity index is 470. The van der Waals surface area contributed by atoms with Gasteiger partial charge in [-0.1, -0.05) is 13.8 Å². The summed E-state index contributed by atoms with van der Waals surface area (Å²) in [6.07, 6.45) is 2.25. The normalized spacial score (nSPS) is 15.1. The number of aryl methyl sites for hydroxylation is 1. The Kier molecular flexibility index (Phi) is 3.90. The Morgan fingerprint density at radius 1 is 1.44 bits per heavy atom. The van der Waals surface area contributed by atoms with E-state index in [1.165, 1.54) is 11.8 Å². The maximum Gasteiger partial charge on any atom is 0.340 e. The molecule has 0 aliphatic heterocycles. The lowest BCUT2D eigenvalue weighted by molar-refractivity contribution is 0.0690. The molecule has 1 saturated carbocycles. The molecule has 0 bridgehead atoms. The van der Waals surface area contributed by atoms with Crippen molar-refractivity contribution < 1.29 is 9.90 Å². The molecule has 0 atom stereocenters. The van der Waals surface area contributed by atoms with Crippen LogP contribution in [0, 0.1) is 12.8 Å². The molecule has 0 unspecified atom stereocenters. The number of nitrogens with zero attached hydrogens (tertiary/aromatic N) is 2. The zero-order valence-electron chi connectivity index (χ0n) is 10.9. The second-order valence-electron chi connectivity index (χ2n) is 5.13. The van der Waals surface area contributed by atoms with Crippen LogP contribution >= 0.6 is 11.8 Å². The summed E-state index contributed by atoms with van der Waals surface area (Å²) < 4.78 is 0. The predicted molar refractivity (Wildman–Crippen MR) is 71.3 cm³/mol. The monoisotopic (exact) mass is 266 g/mol. The minimum atomic E-state index is -0.930. The van der Waals surface area contributed by atoms with Crippen molar-refractivity contribution in [1.29, 1.82) is 0 Å². The van der Waals surface area contributed by atoms with E-state index >= 15 is 0 Å². The Hall–Kier alpha value is -1.10. The fourth-order valence-corrected chi connectivity index (χ4v) is 2.72. The second kappa shape index (κ2) is 5.26. The van der Waals surface area contributed by atoms with E-state index in [4.69, 9.17) is 0 Å². The van der Waals surface area contributed by atoms with Crippen LogP contribution in [0.25, 0.3) is 0 Å². The molecular weight excluding hydrogens is 248 g/mol. The summed E-state index contributed by atoms with van der Waals surface area (Å²) in [4.78, 5) is 20.1. The predicted octanol–water partition coefficient (Wildman–Crippen LogP) is 3.11. The van der Waals surface area contributed by atoms with Gasteiger partial charge in [-0.05, 0) is 25.7 Å². The highest BCUT2D eigenvalue weighted by molar-refractivity contribution is 7.99.